The summed E-state index contributed by atoms with van der Waals surface area (Å²) in [5.74, 6) is -0.628. The molecule has 1 aromatic heterocycles. The van der Waals surface area contributed by atoms with E-state index in [1.807, 2.05) is 13.8 Å². The van der Waals surface area contributed by atoms with Crippen molar-refractivity contribution in [3.8, 4) is 22.8 Å². The number of carbonyl (C=O) groups excluding carboxylic acids is 3. The lowest BCUT2D eigenvalue weighted by molar-refractivity contribution is -0.168. The maximum absolute atomic E-state index is 12.8. The van der Waals surface area contributed by atoms with E-state index in [0.29, 0.717) is 48.0 Å². The molecule has 3 amide bonds. The van der Waals surface area contributed by atoms with E-state index in [4.69, 9.17) is 9.15 Å². The van der Waals surface area contributed by atoms with E-state index >= 15 is 0 Å². The number of ether oxygens (including phenoxy) is 1. The van der Waals surface area contributed by atoms with Crippen LogP contribution in [-0.4, -0.2) is 52.9 Å². The lowest BCUT2D eigenvalue weighted by Gasteiger charge is -2.29. The third-order valence-electron chi connectivity index (χ3n) is 5.61. The molecule has 0 radical (unpaired) electrons. The minimum Gasteiger partial charge on any atom is -0.508 e. The number of hydroxylamine groups is 2. The second kappa shape index (κ2) is 14.0. The minimum atomic E-state index is -0.656. The molecule has 10 nitrogen and oxygen atoms in total. The molecule has 2 atom stereocenters. The molecule has 0 aliphatic rings. The van der Waals surface area contributed by atoms with Crippen LogP contribution in [0.5, 0.6) is 11.5 Å². The molecular formula is C25H35N3O7. The molecule has 0 aliphatic carbocycles. The first-order valence-electron chi connectivity index (χ1n) is 11.9. The van der Waals surface area contributed by atoms with Gasteiger partial charge in [-0.3, -0.25) is 19.6 Å². The van der Waals surface area contributed by atoms with Crippen LogP contribution in [0.3, 0.4) is 0 Å². The standard InChI is InChI=1S/C25H35N3O7/c1-4-7-8-9-20(21(5-2)28(33)16-29)24(31)26-15-27-25(32)23-11-10-22(35-23)17-12-18(30)14-19(13-17)34-6-3/h10-14,16,20-21,30,33H,4-9,15H2,1-3H3,(H,26,31)(H,27,32)/t20?,21-/m1/s1. The van der Waals surface area contributed by atoms with Gasteiger partial charge in [-0.2, -0.15) is 0 Å². The molecule has 192 valence electrons. The van der Waals surface area contributed by atoms with E-state index in [9.17, 15) is 24.7 Å². The average molecular weight is 490 g/mol. The number of hydrogen-bond acceptors (Lipinski definition) is 7. The molecule has 0 spiro atoms. The molecule has 1 aromatic carbocycles. The summed E-state index contributed by atoms with van der Waals surface area (Å²) in [6.45, 7) is 5.95. The van der Waals surface area contributed by atoms with Crippen molar-refractivity contribution in [2.75, 3.05) is 13.3 Å². The normalized spacial score (nSPS) is 12.5. The molecule has 0 saturated heterocycles. The van der Waals surface area contributed by atoms with Gasteiger partial charge in [0.1, 0.15) is 17.3 Å². The SMILES string of the molecule is CCCCCC(C(=O)NCNC(=O)c1ccc(-c2cc(O)cc(OCC)c2)o1)[C@@H](CC)N(O)C=O. The summed E-state index contributed by atoms with van der Waals surface area (Å²) in [5.41, 5.74) is 0.546. The minimum absolute atomic E-state index is 0.00552. The fraction of sp³-hybridized carbons (Fsp3) is 0.480. The van der Waals surface area contributed by atoms with E-state index in [-0.39, 0.29) is 24.1 Å². The fourth-order valence-corrected chi connectivity index (χ4v) is 3.87. The van der Waals surface area contributed by atoms with Crippen LogP contribution in [0, 0.1) is 5.92 Å². The molecule has 2 rings (SSSR count). The molecule has 1 heterocycles. The van der Waals surface area contributed by atoms with Crippen molar-refractivity contribution in [2.45, 2.75) is 58.9 Å². The van der Waals surface area contributed by atoms with E-state index in [1.165, 1.54) is 18.2 Å². The van der Waals surface area contributed by atoms with E-state index in [0.717, 1.165) is 19.3 Å². The number of benzene rings is 1. The van der Waals surface area contributed by atoms with Crippen LogP contribution in [-0.2, 0) is 9.59 Å². The number of nitrogens with one attached hydrogen (secondary N) is 2. The van der Waals surface area contributed by atoms with E-state index < -0.39 is 17.9 Å². The highest BCUT2D eigenvalue weighted by Crippen LogP contribution is 2.30. The van der Waals surface area contributed by atoms with Gasteiger partial charge >= 0.3 is 0 Å². The van der Waals surface area contributed by atoms with Crippen LogP contribution in [0.1, 0.15) is 63.4 Å². The first-order valence-corrected chi connectivity index (χ1v) is 11.9. The smallest absolute Gasteiger partial charge is 0.288 e. The summed E-state index contributed by atoms with van der Waals surface area (Å²) < 4.78 is 11.0. The van der Waals surface area contributed by atoms with Crippen LogP contribution < -0.4 is 15.4 Å². The Morgan fingerprint density at radius 3 is 2.57 bits per heavy atom. The summed E-state index contributed by atoms with van der Waals surface area (Å²) in [4.78, 5) is 36.4. The van der Waals surface area contributed by atoms with Crippen molar-refractivity contribution in [1.82, 2.24) is 15.7 Å². The number of aromatic hydroxyl groups is 1. The Balaban J connectivity index is 2.00. The predicted molar refractivity (Wildman–Crippen MR) is 129 cm³/mol. The number of unbranched alkanes of at least 4 members (excludes halogenated alkanes) is 2. The highest BCUT2D eigenvalue weighted by atomic mass is 16.5. The van der Waals surface area contributed by atoms with Gasteiger partial charge in [-0.1, -0.05) is 33.1 Å². The number of rotatable bonds is 15. The number of phenolic OH excluding ortho intramolecular Hbond substituents is 1. The number of phenols is 1. The molecule has 0 saturated carbocycles. The van der Waals surface area contributed by atoms with Gasteiger partial charge in [-0.05, 0) is 44.0 Å². The van der Waals surface area contributed by atoms with Gasteiger partial charge < -0.3 is 24.9 Å². The molecule has 0 bridgehead atoms. The third-order valence-corrected chi connectivity index (χ3v) is 5.61. The highest BCUT2D eigenvalue weighted by molar-refractivity contribution is 5.92. The fourth-order valence-electron chi connectivity index (χ4n) is 3.87. The molecule has 10 heteroatoms. The summed E-state index contributed by atoms with van der Waals surface area (Å²) >= 11 is 0. The summed E-state index contributed by atoms with van der Waals surface area (Å²) in [6, 6.07) is 7.10. The van der Waals surface area contributed by atoms with Gasteiger partial charge in [0.05, 0.1) is 25.2 Å². The zero-order valence-corrected chi connectivity index (χ0v) is 20.5. The Hall–Kier alpha value is -3.53. The van der Waals surface area contributed by atoms with Crippen molar-refractivity contribution in [1.29, 1.82) is 0 Å². The van der Waals surface area contributed by atoms with Crippen molar-refractivity contribution < 1.29 is 33.9 Å². The molecule has 35 heavy (non-hydrogen) atoms. The largest absolute Gasteiger partial charge is 0.508 e. The Morgan fingerprint density at radius 2 is 1.91 bits per heavy atom. The van der Waals surface area contributed by atoms with Crippen molar-refractivity contribution in [2.24, 2.45) is 5.92 Å². The molecule has 4 N–H and O–H groups in total. The van der Waals surface area contributed by atoms with Crippen molar-refractivity contribution in [3.63, 3.8) is 0 Å². The van der Waals surface area contributed by atoms with Crippen LogP contribution in [0.25, 0.3) is 11.3 Å². The zero-order valence-electron chi connectivity index (χ0n) is 20.5. The molecule has 0 fully saturated rings. The monoisotopic (exact) mass is 489 g/mol. The maximum atomic E-state index is 12.8. The van der Waals surface area contributed by atoms with Gasteiger partial charge in [0.2, 0.25) is 12.3 Å². The average Bonchev–Trinajstić information content (AvgIpc) is 3.33. The lowest BCUT2D eigenvalue weighted by atomic mass is 9.90. The first-order chi connectivity index (χ1) is 16.8. The van der Waals surface area contributed by atoms with Gasteiger partial charge in [-0.15, -0.1) is 0 Å². The quantitative estimate of drug-likeness (QED) is 0.0983. The Kier molecular flexibility index (Phi) is 11.1. The number of hydrogen-bond donors (Lipinski definition) is 4. The summed E-state index contributed by atoms with van der Waals surface area (Å²) in [7, 11) is 0. The van der Waals surface area contributed by atoms with E-state index in [2.05, 4.69) is 10.6 Å². The predicted octanol–water partition coefficient (Wildman–Crippen LogP) is 3.68. The first kappa shape index (κ1) is 27.7. The second-order valence-corrected chi connectivity index (χ2v) is 8.10. The molecule has 1 unspecified atom stereocenters. The number of carbonyl (C=O) groups is 3. The van der Waals surface area contributed by atoms with Crippen molar-refractivity contribution in [3.05, 3.63) is 36.1 Å². The van der Waals surface area contributed by atoms with Crippen LogP contribution >= 0.6 is 0 Å². The highest BCUT2D eigenvalue weighted by Gasteiger charge is 2.30. The Labute approximate surface area is 205 Å². The Morgan fingerprint density at radius 1 is 1.14 bits per heavy atom. The molecule has 0 aliphatic heterocycles. The van der Waals surface area contributed by atoms with Gasteiger partial charge in [-0.25, -0.2) is 5.06 Å². The van der Waals surface area contributed by atoms with Crippen LogP contribution in [0.4, 0.5) is 0 Å². The summed E-state index contributed by atoms with van der Waals surface area (Å²) in [5, 5.41) is 25.6. The Bertz CT molecular complexity index is 976. The number of amides is 3. The summed E-state index contributed by atoms with van der Waals surface area (Å²) in [6.07, 6.45) is 3.88. The lowest BCUT2D eigenvalue weighted by Crippen LogP contribution is -2.47. The molecular weight excluding hydrogens is 454 g/mol. The van der Waals surface area contributed by atoms with Gasteiger partial charge in [0, 0.05) is 11.6 Å². The third kappa shape index (κ3) is 8.03. The van der Waals surface area contributed by atoms with Gasteiger partial charge in [0.15, 0.2) is 5.76 Å². The van der Waals surface area contributed by atoms with Crippen molar-refractivity contribution >= 4 is 18.2 Å². The van der Waals surface area contributed by atoms with E-state index in [1.54, 1.807) is 19.1 Å². The number of nitrogens with zero attached hydrogens (tertiary/aromatic N) is 1. The van der Waals surface area contributed by atoms with Gasteiger partial charge in [0.25, 0.3) is 5.91 Å². The molecule has 2 aromatic rings. The maximum Gasteiger partial charge on any atom is 0.288 e. The van der Waals surface area contributed by atoms with Crippen LogP contribution in [0.2, 0.25) is 0 Å². The topological polar surface area (TPSA) is 141 Å². The second-order valence-electron chi connectivity index (χ2n) is 8.10. The van der Waals surface area contributed by atoms with Crippen LogP contribution in [0.15, 0.2) is 34.7 Å². The number of furan rings is 1. The zero-order chi connectivity index (χ0) is 25.8.